The monoisotopic (exact) mass is 264 g/mol. The molecule has 0 fully saturated rings. The Labute approximate surface area is 118 Å². The molecule has 100 valence electrons. The second-order valence-corrected chi connectivity index (χ2v) is 5.10. The van der Waals surface area contributed by atoms with Gasteiger partial charge in [0, 0.05) is 6.08 Å². The Morgan fingerprint density at radius 1 is 0.950 bits per heavy atom. The molecule has 20 heavy (non-hydrogen) atoms. The number of carboxylic acids is 1. The zero-order valence-electron chi connectivity index (χ0n) is 11.2. The van der Waals surface area contributed by atoms with Gasteiger partial charge in [-0.1, -0.05) is 48.5 Å². The van der Waals surface area contributed by atoms with Crippen LogP contribution < -0.4 is 0 Å². The van der Waals surface area contributed by atoms with E-state index in [1.165, 1.54) is 23.6 Å². The van der Waals surface area contributed by atoms with Crippen molar-refractivity contribution < 1.29 is 9.90 Å². The first kappa shape index (κ1) is 12.7. The van der Waals surface area contributed by atoms with E-state index in [2.05, 4.69) is 12.1 Å². The molecule has 2 heteroatoms. The first-order valence-electron chi connectivity index (χ1n) is 6.86. The smallest absolute Gasteiger partial charge is 0.328 e. The summed E-state index contributed by atoms with van der Waals surface area (Å²) in [6.45, 7) is 0. The number of hydrogen-bond acceptors (Lipinski definition) is 1. The van der Waals surface area contributed by atoms with E-state index < -0.39 is 5.97 Å². The summed E-state index contributed by atoms with van der Waals surface area (Å²) in [7, 11) is 0. The Kier molecular flexibility index (Phi) is 3.38. The minimum absolute atomic E-state index is 0.771. The van der Waals surface area contributed by atoms with E-state index in [4.69, 9.17) is 5.11 Å². The highest BCUT2D eigenvalue weighted by Gasteiger charge is 2.13. The van der Waals surface area contributed by atoms with Crippen molar-refractivity contribution in [2.24, 2.45) is 0 Å². The standard InChI is InChI=1S/C18H16O2/c19-18(20)12-17(14-5-2-1-3-6-14)16-10-9-13-7-4-8-15(13)11-16/h1-3,5-6,9-12H,4,7-8H2,(H,19,20)/b17-12+. The molecule has 0 spiro atoms. The fourth-order valence-corrected chi connectivity index (χ4v) is 2.81. The average molecular weight is 264 g/mol. The van der Waals surface area contributed by atoms with Crippen molar-refractivity contribution in [3.63, 3.8) is 0 Å². The molecule has 0 heterocycles. The van der Waals surface area contributed by atoms with Crippen LogP contribution in [0.25, 0.3) is 5.57 Å². The molecule has 1 aliphatic carbocycles. The molecule has 1 N–H and O–H groups in total. The summed E-state index contributed by atoms with van der Waals surface area (Å²) in [5.74, 6) is -0.913. The van der Waals surface area contributed by atoms with Crippen LogP contribution in [0, 0.1) is 0 Å². The molecule has 0 aliphatic heterocycles. The van der Waals surface area contributed by atoms with Crippen molar-refractivity contribution in [3.05, 3.63) is 76.9 Å². The Morgan fingerprint density at radius 2 is 1.70 bits per heavy atom. The SMILES string of the molecule is O=C(O)/C=C(\c1ccccc1)c1ccc2c(c1)CCC2. The average Bonchev–Trinajstić information content (AvgIpc) is 2.93. The van der Waals surface area contributed by atoms with Gasteiger partial charge in [0.05, 0.1) is 0 Å². The van der Waals surface area contributed by atoms with Gasteiger partial charge in [-0.15, -0.1) is 0 Å². The number of carboxylic acid groups (broad SMARTS) is 1. The van der Waals surface area contributed by atoms with Gasteiger partial charge >= 0.3 is 5.97 Å². The van der Waals surface area contributed by atoms with Crippen LogP contribution in [0.2, 0.25) is 0 Å². The van der Waals surface area contributed by atoms with E-state index >= 15 is 0 Å². The van der Waals surface area contributed by atoms with Crippen LogP contribution in [0.1, 0.15) is 28.7 Å². The zero-order valence-corrected chi connectivity index (χ0v) is 11.2. The molecule has 0 radical (unpaired) electrons. The van der Waals surface area contributed by atoms with E-state index in [-0.39, 0.29) is 0 Å². The first-order chi connectivity index (χ1) is 9.74. The number of fused-ring (bicyclic) bond motifs is 1. The highest BCUT2D eigenvalue weighted by atomic mass is 16.4. The molecule has 0 unspecified atom stereocenters. The summed E-state index contributed by atoms with van der Waals surface area (Å²) in [6.07, 6.45) is 4.73. The van der Waals surface area contributed by atoms with Crippen molar-refractivity contribution in [2.75, 3.05) is 0 Å². The van der Waals surface area contributed by atoms with E-state index in [1.54, 1.807) is 0 Å². The van der Waals surface area contributed by atoms with E-state index in [9.17, 15) is 4.79 Å². The number of aliphatic carboxylic acids is 1. The number of benzene rings is 2. The van der Waals surface area contributed by atoms with Crippen LogP contribution in [0.15, 0.2) is 54.6 Å². The van der Waals surface area contributed by atoms with Gasteiger partial charge in [-0.3, -0.25) is 0 Å². The topological polar surface area (TPSA) is 37.3 Å². The van der Waals surface area contributed by atoms with Gasteiger partial charge < -0.3 is 5.11 Å². The zero-order chi connectivity index (χ0) is 13.9. The van der Waals surface area contributed by atoms with Crippen molar-refractivity contribution in [2.45, 2.75) is 19.3 Å². The highest BCUT2D eigenvalue weighted by Crippen LogP contribution is 2.29. The lowest BCUT2D eigenvalue weighted by Crippen LogP contribution is -1.96. The van der Waals surface area contributed by atoms with E-state index in [0.29, 0.717) is 0 Å². The number of hydrogen-bond donors (Lipinski definition) is 1. The molecule has 0 saturated carbocycles. The van der Waals surface area contributed by atoms with Crippen molar-refractivity contribution in [1.82, 2.24) is 0 Å². The molecule has 2 nitrogen and oxygen atoms in total. The summed E-state index contributed by atoms with van der Waals surface area (Å²) >= 11 is 0. The fraction of sp³-hybridized carbons (Fsp3) is 0.167. The quantitative estimate of drug-likeness (QED) is 0.858. The molecule has 2 aromatic carbocycles. The van der Waals surface area contributed by atoms with Gasteiger partial charge in [0.2, 0.25) is 0 Å². The summed E-state index contributed by atoms with van der Waals surface area (Å²) < 4.78 is 0. The molecule has 0 amide bonds. The Balaban J connectivity index is 2.09. The minimum atomic E-state index is -0.913. The molecule has 0 aromatic heterocycles. The normalized spacial score (nSPS) is 14.1. The summed E-state index contributed by atoms with van der Waals surface area (Å²) in [5, 5.41) is 9.12. The summed E-state index contributed by atoms with van der Waals surface area (Å²) in [6, 6.07) is 16.0. The molecule has 3 rings (SSSR count). The second-order valence-electron chi connectivity index (χ2n) is 5.10. The number of rotatable bonds is 3. The third-order valence-corrected chi connectivity index (χ3v) is 3.76. The molecular weight excluding hydrogens is 248 g/mol. The number of carbonyl (C=O) groups is 1. The summed E-state index contributed by atoms with van der Waals surface area (Å²) in [4.78, 5) is 11.1. The predicted octanol–water partition coefficient (Wildman–Crippen LogP) is 3.69. The largest absolute Gasteiger partial charge is 0.478 e. The van der Waals surface area contributed by atoms with Gasteiger partial charge in [-0.2, -0.15) is 0 Å². The molecule has 0 bridgehead atoms. The molecular formula is C18H16O2. The van der Waals surface area contributed by atoms with E-state index in [1.807, 2.05) is 36.4 Å². The van der Waals surface area contributed by atoms with Gasteiger partial charge in [-0.25, -0.2) is 4.79 Å². The summed E-state index contributed by atoms with van der Waals surface area (Å²) in [5.41, 5.74) is 5.45. The minimum Gasteiger partial charge on any atom is -0.478 e. The number of aryl methyl sites for hydroxylation is 2. The van der Waals surface area contributed by atoms with Crippen molar-refractivity contribution in [1.29, 1.82) is 0 Å². The lowest BCUT2D eigenvalue weighted by atomic mass is 9.95. The third kappa shape index (κ3) is 2.50. The van der Waals surface area contributed by atoms with Gasteiger partial charge in [0.25, 0.3) is 0 Å². The Hall–Kier alpha value is -2.35. The Morgan fingerprint density at radius 3 is 2.45 bits per heavy atom. The van der Waals surface area contributed by atoms with Crippen LogP contribution in [0.3, 0.4) is 0 Å². The van der Waals surface area contributed by atoms with Crippen LogP contribution in [0.5, 0.6) is 0 Å². The fourth-order valence-electron chi connectivity index (χ4n) is 2.81. The van der Waals surface area contributed by atoms with Crippen LogP contribution >= 0.6 is 0 Å². The highest BCUT2D eigenvalue weighted by molar-refractivity contribution is 5.95. The third-order valence-electron chi connectivity index (χ3n) is 3.76. The maximum atomic E-state index is 11.1. The van der Waals surface area contributed by atoms with Crippen molar-refractivity contribution >= 4 is 11.5 Å². The Bertz CT molecular complexity index is 669. The molecule has 0 atom stereocenters. The lowest BCUT2D eigenvalue weighted by molar-refractivity contribution is -0.131. The van der Waals surface area contributed by atoms with Crippen molar-refractivity contribution in [3.8, 4) is 0 Å². The molecule has 2 aromatic rings. The van der Waals surface area contributed by atoms with Crippen LogP contribution in [-0.2, 0) is 17.6 Å². The van der Waals surface area contributed by atoms with Crippen LogP contribution in [0.4, 0.5) is 0 Å². The maximum Gasteiger partial charge on any atom is 0.328 e. The molecule has 0 saturated heterocycles. The molecule has 1 aliphatic rings. The van der Waals surface area contributed by atoms with Gasteiger partial charge in [-0.05, 0) is 47.1 Å². The van der Waals surface area contributed by atoms with Gasteiger partial charge in [0.15, 0.2) is 0 Å². The van der Waals surface area contributed by atoms with Crippen LogP contribution in [-0.4, -0.2) is 11.1 Å². The predicted molar refractivity (Wildman–Crippen MR) is 79.6 cm³/mol. The van der Waals surface area contributed by atoms with E-state index in [0.717, 1.165) is 29.5 Å². The maximum absolute atomic E-state index is 11.1. The van der Waals surface area contributed by atoms with Gasteiger partial charge in [0.1, 0.15) is 0 Å². The lowest BCUT2D eigenvalue weighted by Gasteiger charge is -2.10. The second kappa shape index (κ2) is 5.33. The first-order valence-corrected chi connectivity index (χ1v) is 6.86.